The first-order chi connectivity index (χ1) is 18.4. The number of rotatable bonds is 8. The van der Waals surface area contributed by atoms with E-state index in [1.807, 2.05) is 30.3 Å². The van der Waals surface area contributed by atoms with Gasteiger partial charge in [0.25, 0.3) is 0 Å². The van der Waals surface area contributed by atoms with Gasteiger partial charge in [-0.1, -0.05) is 30.3 Å². The molecule has 2 aliphatic rings. The number of benzene rings is 1. The number of halogens is 1. The molecule has 14 nitrogen and oxygen atoms in total. The third kappa shape index (κ3) is 5.98. The largest absolute Gasteiger partial charge is 0.506 e. The van der Waals surface area contributed by atoms with Crippen LogP contribution in [0.4, 0.5) is 5.82 Å². The van der Waals surface area contributed by atoms with E-state index in [-0.39, 0.29) is 17.0 Å². The van der Waals surface area contributed by atoms with Gasteiger partial charge in [0.2, 0.25) is 11.5 Å². The molecular formula is C22H26ClN5O9P2. The first kappa shape index (κ1) is 28.0. The fourth-order valence-electron chi connectivity index (χ4n) is 4.79. The minimum atomic E-state index is -4.85. The van der Waals surface area contributed by atoms with Crippen molar-refractivity contribution in [3.8, 4) is 0 Å². The summed E-state index contributed by atoms with van der Waals surface area (Å²) in [6.07, 6.45) is 1.30. The van der Waals surface area contributed by atoms with Gasteiger partial charge in [-0.3, -0.25) is 18.2 Å². The summed E-state index contributed by atoms with van der Waals surface area (Å²) < 4.78 is 34.7. The lowest BCUT2D eigenvalue weighted by atomic mass is 9.95. The molecule has 4 heterocycles. The predicted octanol–water partition coefficient (Wildman–Crippen LogP) is 3.21. The highest BCUT2D eigenvalue weighted by atomic mass is 35.5. The highest BCUT2D eigenvalue weighted by Crippen LogP contribution is 2.55. The predicted molar refractivity (Wildman–Crippen MR) is 139 cm³/mol. The molecule has 0 saturated carbocycles. The molecule has 5 N–H and O–H groups in total. The average molecular weight is 602 g/mol. The Balaban J connectivity index is 1.43. The molecule has 3 aromatic rings. The van der Waals surface area contributed by atoms with Crippen molar-refractivity contribution in [1.29, 1.82) is 0 Å². The molecule has 4 atom stereocenters. The van der Waals surface area contributed by atoms with E-state index in [4.69, 9.17) is 30.6 Å². The smallest absolute Gasteiger partial charge is 0.340 e. The van der Waals surface area contributed by atoms with Crippen LogP contribution in [-0.4, -0.2) is 69.6 Å². The minimum absolute atomic E-state index is 0.0318. The van der Waals surface area contributed by atoms with Crippen molar-refractivity contribution in [2.75, 3.05) is 24.0 Å². The first-order valence-electron chi connectivity index (χ1n) is 11.9. The van der Waals surface area contributed by atoms with Crippen LogP contribution in [-0.2, 0) is 18.4 Å². The number of aliphatic hydroxyl groups excluding tert-OH is 2. The van der Waals surface area contributed by atoms with Crippen LogP contribution in [0.5, 0.6) is 0 Å². The summed E-state index contributed by atoms with van der Waals surface area (Å²) in [5.74, 6) is -1.98. The van der Waals surface area contributed by atoms with Gasteiger partial charge in [-0.05, 0) is 36.4 Å². The van der Waals surface area contributed by atoms with Crippen molar-refractivity contribution < 1.29 is 43.3 Å². The zero-order valence-electron chi connectivity index (χ0n) is 20.3. The second-order valence-electron chi connectivity index (χ2n) is 9.23. The van der Waals surface area contributed by atoms with Crippen LogP contribution >= 0.6 is 26.8 Å². The van der Waals surface area contributed by atoms with Gasteiger partial charge in [0.1, 0.15) is 12.9 Å². The molecular weight excluding hydrogens is 576 g/mol. The summed E-state index contributed by atoms with van der Waals surface area (Å²) in [5, 5.41) is 21.0. The topological polar surface area (TPSA) is 201 Å². The molecule has 0 bridgehead atoms. The number of anilines is 1. The molecule has 0 spiro atoms. The Morgan fingerprint density at radius 2 is 1.87 bits per heavy atom. The Bertz CT molecular complexity index is 1500. The molecule has 1 aromatic carbocycles. The minimum Gasteiger partial charge on any atom is -0.506 e. The number of hydrogen-bond donors (Lipinski definition) is 5. The van der Waals surface area contributed by atoms with E-state index in [9.17, 15) is 24.2 Å². The lowest BCUT2D eigenvalue weighted by Crippen LogP contribution is -2.34. The van der Waals surface area contributed by atoms with Gasteiger partial charge < -0.3 is 34.5 Å². The molecule has 0 radical (unpaired) electrons. The average Bonchev–Trinajstić information content (AvgIpc) is 3.42. The first-order valence-corrected chi connectivity index (χ1v) is 15.9. The van der Waals surface area contributed by atoms with E-state index in [1.54, 1.807) is 0 Å². The highest BCUT2D eigenvalue weighted by molar-refractivity contribution is 7.70. The Morgan fingerprint density at radius 1 is 1.13 bits per heavy atom. The number of ether oxygens (including phenoxy) is 1. The molecule has 210 valence electrons. The second-order valence-corrected chi connectivity index (χ2v) is 13.6. The highest BCUT2D eigenvalue weighted by Gasteiger charge is 2.40. The number of hydrogen-bond acceptors (Lipinski definition) is 10. The van der Waals surface area contributed by atoms with Crippen LogP contribution in [0.3, 0.4) is 0 Å². The molecule has 17 heteroatoms. The number of imidazole rings is 1. The van der Waals surface area contributed by atoms with E-state index < -0.39 is 51.6 Å². The Kier molecular flexibility index (Phi) is 7.75. The maximum absolute atomic E-state index is 12.0. The van der Waals surface area contributed by atoms with Crippen LogP contribution in [0.25, 0.3) is 11.2 Å². The molecule has 2 aromatic heterocycles. The van der Waals surface area contributed by atoms with Crippen LogP contribution < -0.4 is 4.90 Å². The van der Waals surface area contributed by atoms with E-state index in [1.165, 1.54) is 10.9 Å². The molecule has 39 heavy (non-hydrogen) atoms. The Labute approximate surface area is 227 Å². The lowest BCUT2D eigenvalue weighted by Gasteiger charge is -2.37. The molecule has 1 saturated heterocycles. The van der Waals surface area contributed by atoms with E-state index in [2.05, 4.69) is 19.9 Å². The number of aliphatic hydroxyl groups is 2. The van der Waals surface area contributed by atoms with Crippen molar-refractivity contribution in [2.45, 2.75) is 37.6 Å². The van der Waals surface area contributed by atoms with Gasteiger partial charge >= 0.3 is 15.2 Å². The molecule has 0 aliphatic carbocycles. The fraction of sp³-hybridized carbons (Fsp3) is 0.409. The Morgan fingerprint density at radius 3 is 2.59 bits per heavy atom. The second kappa shape index (κ2) is 10.8. The lowest BCUT2D eigenvalue weighted by molar-refractivity contribution is -0.0112. The fourth-order valence-corrected chi connectivity index (χ4v) is 7.46. The van der Waals surface area contributed by atoms with Gasteiger partial charge in [-0.2, -0.15) is 9.97 Å². The summed E-state index contributed by atoms with van der Waals surface area (Å²) in [7, 11) is -9.58. The maximum atomic E-state index is 12.0. The summed E-state index contributed by atoms with van der Waals surface area (Å²) in [6.45, 7) is -0.121. The molecule has 3 unspecified atom stereocenters. The van der Waals surface area contributed by atoms with Crippen molar-refractivity contribution >= 4 is 43.8 Å². The third-order valence-electron chi connectivity index (χ3n) is 6.47. The number of fused-ring (bicyclic) bond motifs is 1. The molecule has 0 amide bonds. The van der Waals surface area contributed by atoms with Gasteiger partial charge in [0, 0.05) is 6.54 Å². The van der Waals surface area contributed by atoms with Gasteiger partial charge in [-0.25, -0.2) is 4.98 Å². The van der Waals surface area contributed by atoms with Crippen LogP contribution in [0.1, 0.15) is 37.1 Å². The number of nitrogens with zero attached hydrogens (tertiary/aromatic N) is 5. The zero-order chi connectivity index (χ0) is 27.9. The van der Waals surface area contributed by atoms with Crippen molar-refractivity contribution in [2.24, 2.45) is 0 Å². The summed E-state index contributed by atoms with van der Waals surface area (Å²) in [4.78, 5) is 43.0. The quantitative estimate of drug-likeness (QED) is 0.186. The zero-order valence-corrected chi connectivity index (χ0v) is 22.9. The van der Waals surface area contributed by atoms with E-state index >= 15 is 0 Å². The third-order valence-corrected chi connectivity index (χ3v) is 10.1. The van der Waals surface area contributed by atoms with Crippen LogP contribution in [0.15, 0.2) is 48.2 Å². The molecule has 1 fully saturated rings. The Hall–Kier alpha value is -2.54. The normalized spacial score (nSPS) is 23.7. The van der Waals surface area contributed by atoms with Crippen LogP contribution in [0, 0.1) is 0 Å². The van der Waals surface area contributed by atoms with Gasteiger partial charge in [0.15, 0.2) is 40.5 Å². The van der Waals surface area contributed by atoms with E-state index in [0.717, 1.165) is 24.8 Å². The SMILES string of the molecule is O=P(O)(O)CP(=O)(O)OCC1=C(O)C(O)[C@H](n2cnc3c(N4CCCCC4c4ccccc4)nc(Cl)nc32)O1. The van der Waals surface area contributed by atoms with Crippen LogP contribution in [0.2, 0.25) is 5.28 Å². The van der Waals surface area contributed by atoms with Crippen molar-refractivity contribution in [3.05, 3.63) is 59.0 Å². The van der Waals surface area contributed by atoms with Crippen molar-refractivity contribution in [1.82, 2.24) is 19.5 Å². The summed E-state index contributed by atoms with van der Waals surface area (Å²) in [5.41, 5.74) is 1.73. The number of aromatic nitrogens is 4. The number of piperidine rings is 1. The monoisotopic (exact) mass is 601 g/mol. The molecule has 5 rings (SSSR count). The van der Waals surface area contributed by atoms with E-state index in [0.29, 0.717) is 17.9 Å². The standard InChI is InChI=1S/C22H26ClN5O9P2/c23-22-25-19(27-9-5-4-8-14(27)13-6-2-1-3-7-13)16-20(26-22)28(11-24-16)21-18(30)17(29)15(37-21)10-36-39(34,35)12-38(31,32)33/h1-3,6-7,11,14,18,21,29-30H,4-5,8-10,12H2,(H,34,35)(H2,31,32,33)/t14?,18?,21-/m1/s1. The maximum Gasteiger partial charge on any atom is 0.340 e. The van der Waals surface area contributed by atoms with Gasteiger partial charge in [-0.15, -0.1) is 0 Å². The summed E-state index contributed by atoms with van der Waals surface area (Å²) in [6, 6.07) is 10.0. The summed E-state index contributed by atoms with van der Waals surface area (Å²) >= 11 is 6.32. The van der Waals surface area contributed by atoms with Gasteiger partial charge in [0.05, 0.1) is 6.04 Å². The van der Waals surface area contributed by atoms with Crippen molar-refractivity contribution in [3.63, 3.8) is 0 Å². The molecule has 2 aliphatic heterocycles.